The fraction of sp³-hybridized carbons (Fsp3) is 0.300. The van der Waals surface area contributed by atoms with E-state index in [0.29, 0.717) is 23.5 Å². The first kappa shape index (κ1) is 17.7. The number of hydrogen-bond acceptors (Lipinski definition) is 4. The molecule has 2 aromatic carbocycles. The molecule has 0 aliphatic carbocycles. The highest BCUT2D eigenvalue weighted by Gasteiger charge is 2.14. The van der Waals surface area contributed by atoms with Gasteiger partial charge in [0.1, 0.15) is 5.75 Å². The van der Waals surface area contributed by atoms with E-state index in [4.69, 9.17) is 9.47 Å². The molecule has 2 aromatic rings. The smallest absolute Gasteiger partial charge is 0.343 e. The van der Waals surface area contributed by atoms with Crippen molar-refractivity contribution in [1.82, 2.24) is 0 Å². The van der Waals surface area contributed by atoms with Crippen molar-refractivity contribution >= 4 is 11.9 Å². The normalized spacial score (nSPS) is 10.2. The van der Waals surface area contributed by atoms with E-state index in [1.165, 1.54) is 6.07 Å². The lowest BCUT2D eigenvalue weighted by Crippen LogP contribution is -2.12. The number of carbonyl (C=O) groups is 2. The van der Waals surface area contributed by atoms with E-state index in [0.717, 1.165) is 24.8 Å². The van der Waals surface area contributed by atoms with Crippen molar-refractivity contribution in [3.8, 4) is 5.75 Å². The third-order valence-corrected chi connectivity index (χ3v) is 3.47. The molecule has 0 fully saturated rings. The maximum Gasteiger partial charge on any atom is 0.343 e. The second kappa shape index (κ2) is 8.87. The monoisotopic (exact) mass is 326 g/mol. The predicted octanol–water partition coefficient (Wildman–Crippen LogP) is 4.43. The lowest BCUT2D eigenvalue weighted by Gasteiger charge is -2.10. The van der Waals surface area contributed by atoms with Crippen LogP contribution in [0.1, 0.15) is 53.0 Å². The van der Waals surface area contributed by atoms with Gasteiger partial charge in [-0.25, -0.2) is 9.59 Å². The molecule has 0 heterocycles. The van der Waals surface area contributed by atoms with Gasteiger partial charge in [-0.3, -0.25) is 0 Å². The van der Waals surface area contributed by atoms with Crippen LogP contribution in [0.2, 0.25) is 0 Å². The Balaban J connectivity index is 2.14. The zero-order valence-electron chi connectivity index (χ0n) is 14.1. The van der Waals surface area contributed by atoms with Gasteiger partial charge in [0.05, 0.1) is 17.7 Å². The van der Waals surface area contributed by atoms with Crippen LogP contribution in [-0.4, -0.2) is 18.5 Å². The molecule has 0 unspecified atom stereocenters. The summed E-state index contributed by atoms with van der Waals surface area (Å²) in [7, 11) is 0. The summed E-state index contributed by atoms with van der Waals surface area (Å²) in [6.07, 6.45) is 2.56. The van der Waals surface area contributed by atoms with Crippen LogP contribution in [0.15, 0.2) is 48.5 Å². The van der Waals surface area contributed by atoms with Gasteiger partial charge in [0.15, 0.2) is 0 Å². The van der Waals surface area contributed by atoms with E-state index in [1.54, 1.807) is 24.3 Å². The summed E-state index contributed by atoms with van der Waals surface area (Å²) in [6, 6.07) is 13.9. The molecular weight excluding hydrogens is 304 g/mol. The molecule has 0 saturated heterocycles. The number of aryl methyl sites for hydroxylation is 1. The van der Waals surface area contributed by atoms with Crippen LogP contribution in [0.5, 0.6) is 5.75 Å². The Morgan fingerprint density at radius 3 is 2.29 bits per heavy atom. The zero-order chi connectivity index (χ0) is 17.4. The highest BCUT2D eigenvalue weighted by atomic mass is 16.5. The van der Waals surface area contributed by atoms with Gasteiger partial charge in [-0.05, 0) is 42.7 Å². The van der Waals surface area contributed by atoms with Crippen molar-refractivity contribution in [1.29, 1.82) is 0 Å². The molecule has 0 aliphatic rings. The Morgan fingerprint density at radius 2 is 1.58 bits per heavy atom. The minimum absolute atomic E-state index is 0.326. The summed E-state index contributed by atoms with van der Waals surface area (Å²) in [6.45, 7) is 4.36. The maximum absolute atomic E-state index is 12.4. The minimum atomic E-state index is -0.483. The second-order valence-corrected chi connectivity index (χ2v) is 5.46. The molecule has 4 heteroatoms. The fourth-order valence-corrected chi connectivity index (χ4v) is 2.29. The molecule has 24 heavy (non-hydrogen) atoms. The van der Waals surface area contributed by atoms with Gasteiger partial charge in [0.2, 0.25) is 0 Å². The Kier molecular flexibility index (Phi) is 6.55. The van der Waals surface area contributed by atoms with E-state index < -0.39 is 11.9 Å². The Morgan fingerprint density at radius 1 is 0.875 bits per heavy atom. The maximum atomic E-state index is 12.4. The van der Waals surface area contributed by atoms with Crippen LogP contribution in [0.25, 0.3) is 0 Å². The molecule has 0 aromatic heterocycles. The first-order valence-corrected chi connectivity index (χ1v) is 8.23. The summed E-state index contributed by atoms with van der Waals surface area (Å²) in [5.41, 5.74) is 1.67. The minimum Gasteiger partial charge on any atom is -0.462 e. The van der Waals surface area contributed by atoms with Gasteiger partial charge in [-0.1, -0.05) is 44.5 Å². The van der Waals surface area contributed by atoms with Crippen LogP contribution in [-0.2, 0) is 11.2 Å². The van der Waals surface area contributed by atoms with Crippen LogP contribution in [0, 0.1) is 0 Å². The van der Waals surface area contributed by atoms with Gasteiger partial charge < -0.3 is 9.47 Å². The van der Waals surface area contributed by atoms with E-state index in [2.05, 4.69) is 6.92 Å². The van der Waals surface area contributed by atoms with Crippen molar-refractivity contribution < 1.29 is 19.1 Å². The average Bonchev–Trinajstić information content (AvgIpc) is 2.61. The van der Waals surface area contributed by atoms with Crippen molar-refractivity contribution in [2.45, 2.75) is 33.1 Å². The topological polar surface area (TPSA) is 52.6 Å². The Labute approximate surface area is 142 Å². The number of esters is 2. The summed E-state index contributed by atoms with van der Waals surface area (Å²) in [5, 5.41) is 0. The van der Waals surface area contributed by atoms with Crippen molar-refractivity contribution in [3.05, 3.63) is 65.2 Å². The molecule has 4 nitrogen and oxygen atoms in total. The first-order chi connectivity index (χ1) is 11.7. The molecule has 0 radical (unpaired) electrons. The van der Waals surface area contributed by atoms with Crippen molar-refractivity contribution in [2.75, 3.05) is 6.61 Å². The molecular formula is C20H22O4. The van der Waals surface area contributed by atoms with Crippen LogP contribution >= 0.6 is 0 Å². The molecule has 0 amide bonds. The van der Waals surface area contributed by atoms with Crippen LogP contribution in [0.3, 0.4) is 0 Å². The largest absolute Gasteiger partial charge is 0.462 e. The van der Waals surface area contributed by atoms with Gasteiger partial charge >= 0.3 is 11.9 Å². The first-order valence-electron chi connectivity index (χ1n) is 8.23. The van der Waals surface area contributed by atoms with E-state index in [9.17, 15) is 9.59 Å². The van der Waals surface area contributed by atoms with Crippen LogP contribution < -0.4 is 4.74 Å². The molecule has 0 N–H and O–H groups in total. The molecule has 126 valence electrons. The third kappa shape index (κ3) is 4.69. The van der Waals surface area contributed by atoms with E-state index in [-0.39, 0.29) is 0 Å². The number of benzene rings is 2. The quantitative estimate of drug-likeness (QED) is 0.558. The number of hydrogen-bond donors (Lipinski definition) is 0. The third-order valence-electron chi connectivity index (χ3n) is 3.47. The molecule has 0 saturated carbocycles. The molecule has 0 aliphatic heterocycles. The van der Waals surface area contributed by atoms with E-state index >= 15 is 0 Å². The number of carbonyl (C=O) groups excluding carboxylic acids is 2. The predicted molar refractivity (Wildman–Crippen MR) is 92.4 cm³/mol. The number of para-hydroxylation sites is 1. The summed E-state index contributed by atoms with van der Waals surface area (Å²) >= 11 is 0. The van der Waals surface area contributed by atoms with Gasteiger partial charge in [0, 0.05) is 0 Å². The molecule has 0 atom stereocenters. The average molecular weight is 326 g/mol. The molecule has 0 bridgehead atoms. The van der Waals surface area contributed by atoms with Crippen molar-refractivity contribution in [3.63, 3.8) is 0 Å². The lowest BCUT2D eigenvalue weighted by atomic mass is 10.1. The SMILES string of the molecule is CCCOC(=O)c1cccc(C(=O)Oc2ccccc2CCC)c1. The fourth-order valence-electron chi connectivity index (χ4n) is 2.29. The van der Waals surface area contributed by atoms with Gasteiger partial charge in [-0.2, -0.15) is 0 Å². The standard InChI is InChI=1S/C20H22O4/c1-3-8-15-9-5-6-12-18(15)24-20(22)17-11-7-10-16(14-17)19(21)23-13-4-2/h5-7,9-12,14H,3-4,8,13H2,1-2H3. The van der Waals surface area contributed by atoms with Gasteiger partial charge in [-0.15, -0.1) is 0 Å². The summed E-state index contributed by atoms with van der Waals surface area (Å²) in [4.78, 5) is 24.3. The highest BCUT2D eigenvalue weighted by molar-refractivity contribution is 5.96. The highest BCUT2D eigenvalue weighted by Crippen LogP contribution is 2.21. The zero-order valence-corrected chi connectivity index (χ0v) is 14.1. The van der Waals surface area contributed by atoms with E-state index in [1.807, 2.05) is 25.1 Å². The van der Waals surface area contributed by atoms with Crippen LogP contribution in [0.4, 0.5) is 0 Å². The lowest BCUT2D eigenvalue weighted by molar-refractivity contribution is 0.0505. The Bertz CT molecular complexity index is 706. The molecule has 2 rings (SSSR count). The molecule has 0 spiro atoms. The summed E-state index contributed by atoms with van der Waals surface area (Å²) < 4.78 is 10.6. The summed E-state index contributed by atoms with van der Waals surface area (Å²) in [5.74, 6) is -0.357. The number of rotatable bonds is 7. The van der Waals surface area contributed by atoms with Gasteiger partial charge in [0.25, 0.3) is 0 Å². The number of ether oxygens (including phenoxy) is 2. The Hall–Kier alpha value is -2.62. The van der Waals surface area contributed by atoms with Crippen molar-refractivity contribution in [2.24, 2.45) is 0 Å². The second-order valence-electron chi connectivity index (χ2n) is 5.46.